The molecule has 108 heavy (non-hydrogen) atoms. The molecular weight excluding hydrogens is 1300 g/mol. The molecule has 0 saturated carbocycles. The second-order valence-electron chi connectivity index (χ2n) is 36.9. The van der Waals surface area contributed by atoms with Crippen LogP contribution in [0.3, 0.4) is 0 Å². The Morgan fingerprint density at radius 1 is 0.167 bits per heavy atom. The van der Waals surface area contributed by atoms with Crippen LogP contribution in [0.5, 0.6) is 0 Å². The van der Waals surface area contributed by atoms with Gasteiger partial charge in [0.1, 0.15) is 0 Å². The molecule has 0 bridgehead atoms. The Morgan fingerprint density at radius 2 is 0.306 bits per heavy atom. The largest absolute Gasteiger partial charge is 0.0636 e. The molecule has 0 aliphatic rings. The van der Waals surface area contributed by atoms with E-state index in [1.165, 1.54) is 44.5 Å². The van der Waals surface area contributed by atoms with Gasteiger partial charge in [0.15, 0.2) is 0 Å². The van der Waals surface area contributed by atoms with Gasteiger partial charge in [0.05, 0.1) is 2.74 Å². The molecule has 0 aliphatic carbocycles. The Balaban J connectivity index is 1.47. The van der Waals surface area contributed by atoms with Crippen molar-refractivity contribution in [2.45, 2.75) is 197 Å². The molecule has 0 atom stereocenters. The summed E-state index contributed by atoms with van der Waals surface area (Å²) in [6.07, 6.45) is 0. The lowest BCUT2D eigenvalue weighted by molar-refractivity contribution is 0.591. The zero-order valence-corrected chi connectivity index (χ0v) is 68.6. The number of hydrogen-bond acceptors (Lipinski definition) is 0. The summed E-state index contributed by atoms with van der Waals surface area (Å²) >= 11 is 0. The average Bonchev–Trinajstić information content (AvgIpc) is 0.697. The minimum Gasteiger partial charge on any atom is -0.0619 e. The second kappa shape index (κ2) is 29.4. The summed E-state index contributed by atoms with van der Waals surface area (Å²) in [6, 6.07) is 100. The molecule has 0 fully saturated rings. The van der Waals surface area contributed by atoms with Crippen molar-refractivity contribution in [3.63, 3.8) is 0 Å². The molecule has 0 spiro atoms. The van der Waals surface area contributed by atoms with Gasteiger partial charge in [-0.25, -0.2) is 0 Å². The normalized spacial score (nSPS) is 12.8. The van der Waals surface area contributed by atoms with Crippen molar-refractivity contribution >= 4 is 0 Å². The minimum atomic E-state index is -0.322. The van der Waals surface area contributed by atoms with Crippen LogP contribution in [0, 0.1) is 0 Å². The predicted octanol–water partition coefficient (Wildman–Crippen LogP) is 31.7. The molecule has 13 aromatic carbocycles. The lowest BCUT2D eigenvalue weighted by atomic mass is 9.71. The Hall–Kier alpha value is -10.1. The Morgan fingerprint density at radius 3 is 0.472 bits per heavy atom. The van der Waals surface area contributed by atoms with Crippen molar-refractivity contribution in [1.82, 2.24) is 0 Å². The van der Waals surface area contributed by atoms with E-state index in [0.29, 0.717) is 34.3 Å². The number of rotatable bonds is 14. The zero-order chi connectivity index (χ0) is 78.9. The molecule has 0 radical (unpaired) electrons. The third-order valence-electron chi connectivity index (χ3n) is 22.2. The van der Waals surface area contributed by atoms with E-state index in [2.05, 4.69) is 419 Å². The third kappa shape index (κ3) is 14.7. The van der Waals surface area contributed by atoms with Crippen LogP contribution in [0.15, 0.2) is 279 Å². The quantitative estimate of drug-likeness (QED) is 0.102. The van der Waals surface area contributed by atoms with E-state index in [0.717, 1.165) is 111 Å². The van der Waals surface area contributed by atoms with Crippen molar-refractivity contribution in [3.05, 3.63) is 324 Å². The van der Waals surface area contributed by atoms with Crippen molar-refractivity contribution in [2.75, 3.05) is 0 Å². The van der Waals surface area contributed by atoms with Crippen LogP contribution in [0.1, 0.15) is 211 Å². The maximum atomic E-state index is 13.2. The first kappa shape index (κ1) is 73.4. The van der Waals surface area contributed by atoms with E-state index in [4.69, 9.17) is 0 Å². The van der Waals surface area contributed by atoms with E-state index in [1.807, 2.05) is 0 Å². The van der Waals surface area contributed by atoms with Crippen LogP contribution in [0.4, 0.5) is 0 Å². The Kier molecular flexibility index (Phi) is 20.0. The van der Waals surface area contributed by atoms with Crippen LogP contribution >= 0.6 is 0 Å². The summed E-state index contributed by atoms with van der Waals surface area (Å²) in [5.41, 5.74) is 30.7. The summed E-state index contributed by atoms with van der Waals surface area (Å²) in [5.74, 6) is 0.248. The molecule has 0 saturated heterocycles. The molecule has 0 unspecified atom stereocenters. The molecular formula is C108H114. The van der Waals surface area contributed by atoms with Crippen LogP contribution in [0.2, 0.25) is 0 Å². The maximum Gasteiger partial charge on any atom is 0.0636 e. The molecule has 0 amide bonds. The lowest BCUT2D eigenvalue weighted by Gasteiger charge is -2.32. The highest BCUT2D eigenvalue weighted by molar-refractivity contribution is 6.13. The summed E-state index contributed by atoms with van der Waals surface area (Å²) in [4.78, 5) is 0. The molecule has 13 rings (SSSR count). The van der Waals surface area contributed by atoms with Gasteiger partial charge in [-0.1, -0.05) is 419 Å². The fourth-order valence-electron chi connectivity index (χ4n) is 17.1. The molecule has 0 N–H and O–H groups in total. The summed E-state index contributed by atoms with van der Waals surface area (Å²) in [5, 5.41) is 0. The topological polar surface area (TPSA) is 0 Å². The van der Waals surface area contributed by atoms with Gasteiger partial charge in [0.25, 0.3) is 0 Å². The van der Waals surface area contributed by atoms with Crippen LogP contribution in [-0.2, 0) is 32.5 Å². The predicted molar refractivity (Wildman–Crippen MR) is 472 cm³/mol. The Labute approximate surface area is 652 Å². The SMILES string of the molecule is [2H]c1c(-c2c(-c3ccccc3C(C)C)cccc2-c2ccccc2C(C)(C)C)c(-c2c(-c3ccccc3C(C)(C)C)cccc2-c2ccccc2C(C)(C)C)c([2H])c(-c2c(-c3ccccc3C(C)C)cccc2-c2ccccc2C(C)(C)C)c1-c1c(-c2ccccc2C(C)(C)C)cccc1-c1ccccc1C(C)(C)C. The monoisotopic (exact) mass is 1410 g/mol. The third-order valence-corrected chi connectivity index (χ3v) is 22.2. The van der Waals surface area contributed by atoms with Gasteiger partial charge >= 0.3 is 0 Å². The first-order valence-corrected chi connectivity index (χ1v) is 39.5. The molecule has 546 valence electrons. The highest BCUT2D eigenvalue weighted by Crippen LogP contribution is 2.59. The van der Waals surface area contributed by atoms with E-state index < -0.39 is 0 Å². The van der Waals surface area contributed by atoms with Crippen molar-refractivity contribution in [1.29, 1.82) is 0 Å². The first-order valence-electron chi connectivity index (χ1n) is 40.5. The van der Waals surface area contributed by atoms with Gasteiger partial charge < -0.3 is 0 Å². The molecule has 0 heterocycles. The Bertz CT molecular complexity index is 5120. The van der Waals surface area contributed by atoms with E-state index in [-0.39, 0.29) is 44.3 Å². The number of benzene rings is 13. The van der Waals surface area contributed by atoms with Crippen LogP contribution < -0.4 is 0 Å². The standard InChI is InChI=1S/C108H114/c1-69(2)71-43-23-25-45-73(71)81-53-39-55-83(75-47-27-33-61-93(75)103(5,6)7)99(81)89-67-92(102-87(79-51-31-37-65-97(79)107(17,18)19)59-42-60-88(102)80-52-32-38-66-98(80)108(20,21)22)90(100-82(74-46-26-24-44-72(74)70(3)4)54-40-56-84(100)76-48-28-34-62-94(76)104(8,9)10)68-91(89)101-85(77-49-29-35-63-95(77)105(11,12)13)57-41-58-86(101)78-50-30-36-64-96(78)106(14,15)16/h23-70H,1-22H3/i67D,68D. The van der Waals surface area contributed by atoms with Crippen molar-refractivity contribution < 1.29 is 2.74 Å². The van der Waals surface area contributed by atoms with Gasteiger partial charge in [-0.2, -0.15) is 0 Å². The average molecular weight is 1410 g/mol. The van der Waals surface area contributed by atoms with Gasteiger partial charge in [0, 0.05) is 0 Å². The smallest absolute Gasteiger partial charge is 0.0619 e. The van der Waals surface area contributed by atoms with Crippen molar-refractivity contribution in [2.24, 2.45) is 0 Å². The van der Waals surface area contributed by atoms with Gasteiger partial charge in [0.2, 0.25) is 0 Å². The van der Waals surface area contributed by atoms with E-state index >= 15 is 0 Å². The minimum absolute atomic E-state index is 0.124. The molecule has 0 heteroatoms. The van der Waals surface area contributed by atoms with Crippen molar-refractivity contribution in [3.8, 4) is 134 Å². The summed E-state index contributed by atoms with van der Waals surface area (Å²) in [7, 11) is 0. The fraction of sp³-hybridized carbons (Fsp3) is 0.278. The van der Waals surface area contributed by atoms with Gasteiger partial charge in [-0.3, -0.25) is 0 Å². The summed E-state index contributed by atoms with van der Waals surface area (Å²) in [6.45, 7) is 51.1. The highest BCUT2D eigenvalue weighted by atomic mass is 14.4. The molecule has 0 nitrogen and oxygen atoms in total. The number of hydrogen-bond donors (Lipinski definition) is 0. The summed E-state index contributed by atoms with van der Waals surface area (Å²) < 4.78 is 26.3. The van der Waals surface area contributed by atoms with Crippen LogP contribution in [-0.4, -0.2) is 0 Å². The second-order valence-corrected chi connectivity index (χ2v) is 36.9. The highest BCUT2D eigenvalue weighted by Gasteiger charge is 2.35. The molecule has 0 aromatic heterocycles. The zero-order valence-electron chi connectivity index (χ0n) is 70.6. The molecule has 13 aromatic rings. The molecule has 0 aliphatic heterocycles. The maximum absolute atomic E-state index is 13.2. The lowest BCUT2D eigenvalue weighted by Crippen LogP contribution is -2.14. The first-order chi connectivity index (χ1) is 52.0. The van der Waals surface area contributed by atoms with E-state index in [9.17, 15) is 2.74 Å². The van der Waals surface area contributed by atoms with Gasteiger partial charge in [-0.05, 0) is 234 Å². The van der Waals surface area contributed by atoms with Crippen LogP contribution in [0.25, 0.3) is 134 Å². The fourth-order valence-corrected chi connectivity index (χ4v) is 17.1. The van der Waals surface area contributed by atoms with E-state index in [1.54, 1.807) is 0 Å². The van der Waals surface area contributed by atoms with Gasteiger partial charge in [-0.15, -0.1) is 0 Å².